The molecule has 3 N–H and O–H groups in total. The van der Waals surface area contributed by atoms with Crippen LogP contribution in [0.5, 0.6) is 0 Å². The number of aryl methyl sites for hydroxylation is 2. The zero-order chi connectivity index (χ0) is 27.2. The molecule has 0 unspecified atom stereocenters. The Morgan fingerprint density at radius 3 is 2.67 bits per heavy atom. The summed E-state index contributed by atoms with van der Waals surface area (Å²) in [4.78, 5) is 13.9. The van der Waals surface area contributed by atoms with Crippen LogP contribution in [0.3, 0.4) is 0 Å². The number of nitrogens with one attached hydrogen (secondary N) is 2. The molecule has 210 valence electrons. The number of hydrogen-bond donors (Lipinski definition) is 3. The van der Waals surface area contributed by atoms with Crippen molar-refractivity contribution in [3.05, 3.63) is 65.4 Å². The Kier molecular flexibility index (Phi) is 9.53. The van der Waals surface area contributed by atoms with Gasteiger partial charge in [-0.2, -0.15) is 0 Å². The van der Waals surface area contributed by atoms with Gasteiger partial charge >= 0.3 is 0 Å². The van der Waals surface area contributed by atoms with Crippen molar-refractivity contribution in [2.24, 2.45) is 0 Å². The molecule has 7 heteroatoms. The van der Waals surface area contributed by atoms with Crippen LogP contribution in [0.1, 0.15) is 73.9 Å². The Balaban J connectivity index is 1.42. The molecule has 0 radical (unpaired) electrons. The lowest BCUT2D eigenvalue weighted by Crippen LogP contribution is -2.50. The Labute approximate surface area is 237 Å². The summed E-state index contributed by atoms with van der Waals surface area (Å²) in [5.41, 5.74) is 5.43. The van der Waals surface area contributed by atoms with Crippen molar-refractivity contribution in [2.75, 3.05) is 23.1 Å². The van der Waals surface area contributed by atoms with Gasteiger partial charge in [-0.3, -0.25) is 4.79 Å². The van der Waals surface area contributed by atoms with Gasteiger partial charge in [0, 0.05) is 48.6 Å². The van der Waals surface area contributed by atoms with E-state index in [1.165, 1.54) is 35.7 Å². The number of aliphatic hydroxyl groups excluding tert-OH is 1. The normalized spacial score (nSPS) is 17.7. The van der Waals surface area contributed by atoms with E-state index in [9.17, 15) is 9.90 Å². The third-order valence-corrected chi connectivity index (χ3v) is 9.38. The van der Waals surface area contributed by atoms with Crippen molar-refractivity contribution in [3.8, 4) is 0 Å². The number of nitrogens with zero attached hydrogens (tertiary/aromatic N) is 2. The van der Waals surface area contributed by atoms with Gasteiger partial charge in [0.1, 0.15) is 0 Å². The number of carbonyl (C=O) groups is 1. The van der Waals surface area contributed by atoms with E-state index < -0.39 is 6.10 Å². The zero-order valence-electron chi connectivity index (χ0n) is 23.5. The summed E-state index contributed by atoms with van der Waals surface area (Å²) >= 11 is 1.83. The van der Waals surface area contributed by atoms with Crippen LogP contribution < -0.4 is 14.9 Å². The summed E-state index contributed by atoms with van der Waals surface area (Å²) in [5, 5.41) is 19.3. The predicted octanol–water partition coefficient (Wildman–Crippen LogP) is 5.71. The minimum absolute atomic E-state index is 0.119. The van der Waals surface area contributed by atoms with Gasteiger partial charge < -0.3 is 24.6 Å². The topological polar surface area (TPSA) is 69.5 Å². The number of anilines is 1. The Hall–Kier alpha value is -2.48. The minimum atomic E-state index is -0.680. The fourth-order valence-electron chi connectivity index (χ4n) is 6.17. The highest BCUT2D eigenvalue weighted by atomic mass is 32.2. The average Bonchev–Trinajstić information content (AvgIpc) is 3.20. The molecule has 0 bridgehead atoms. The van der Waals surface area contributed by atoms with Gasteiger partial charge in [0.25, 0.3) is 5.91 Å². The summed E-state index contributed by atoms with van der Waals surface area (Å²) in [5.74, 6) is 0.893. The minimum Gasteiger partial charge on any atom is -0.390 e. The van der Waals surface area contributed by atoms with Crippen molar-refractivity contribution >= 4 is 34.4 Å². The molecule has 39 heavy (non-hydrogen) atoms. The molecule has 2 heterocycles. The van der Waals surface area contributed by atoms with E-state index in [1.807, 2.05) is 30.1 Å². The van der Waals surface area contributed by atoms with Crippen LogP contribution in [0.2, 0.25) is 0 Å². The molecule has 3 aromatic rings. The number of aromatic nitrogens is 1. The van der Waals surface area contributed by atoms with Gasteiger partial charge in [-0.25, -0.2) is 0 Å². The summed E-state index contributed by atoms with van der Waals surface area (Å²) in [6.07, 6.45) is 10.4. The molecule has 1 amide bonds. The van der Waals surface area contributed by atoms with Crippen LogP contribution >= 0.6 is 11.9 Å². The fraction of sp³-hybridized carbons (Fsp3) is 0.531. The van der Waals surface area contributed by atoms with Gasteiger partial charge in [-0.1, -0.05) is 62.9 Å². The first-order valence-electron chi connectivity index (χ1n) is 14.9. The number of hydrogen-bond acceptors (Lipinski definition) is 5. The lowest BCUT2D eigenvalue weighted by atomic mass is 9.94. The van der Waals surface area contributed by atoms with Crippen LogP contribution in [0.15, 0.2) is 48.7 Å². The fourth-order valence-corrected chi connectivity index (χ4v) is 7.13. The van der Waals surface area contributed by atoms with Crippen LogP contribution in [-0.2, 0) is 19.4 Å². The highest BCUT2D eigenvalue weighted by Crippen LogP contribution is 2.38. The molecule has 1 fully saturated rings. The summed E-state index contributed by atoms with van der Waals surface area (Å²) in [7, 11) is 0. The van der Waals surface area contributed by atoms with Crippen LogP contribution in [0, 0.1) is 0 Å². The quantitative estimate of drug-likeness (QED) is 0.268. The first-order valence-corrected chi connectivity index (χ1v) is 15.8. The first-order chi connectivity index (χ1) is 19.1. The smallest absolute Gasteiger partial charge is 0.251 e. The van der Waals surface area contributed by atoms with Crippen molar-refractivity contribution in [2.45, 2.75) is 89.9 Å². The van der Waals surface area contributed by atoms with E-state index in [2.05, 4.69) is 63.8 Å². The van der Waals surface area contributed by atoms with Crippen molar-refractivity contribution < 1.29 is 9.90 Å². The maximum atomic E-state index is 13.9. The molecule has 2 aliphatic rings. The highest BCUT2D eigenvalue weighted by Gasteiger charge is 2.26. The average molecular weight is 549 g/mol. The van der Waals surface area contributed by atoms with Gasteiger partial charge in [-0.05, 0) is 67.8 Å². The molecule has 2 atom stereocenters. The van der Waals surface area contributed by atoms with Gasteiger partial charge in [-0.15, -0.1) is 0 Å². The SMILES string of the molecule is CCCc1cn2c3c(cc(C(=O)N[C@@H](Cc4ccccc4)[C@H](O)CNC4CCCCC4)cc13)N(CC)SCC2. The third-order valence-electron chi connectivity index (χ3n) is 8.25. The maximum absolute atomic E-state index is 13.9. The van der Waals surface area contributed by atoms with Gasteiger partial charge in [0.2, 0.25) is 0 Å². The molecular weight excluding hydrogens is 504 g/mol. The van der Waals surface area contributed by atoms with Crippen LogP contribution in [-0.4, -0.2) is 52.6 Å². The number of benzene rings is 2. The Bertz CT molecular complexity index is 1240. The van der Waals surface area contributed by atoms with Gasteiger partial charge in [0.05, 0.1) is 23.3 Å². The lowest BCUT2D eigenvalue weighted by Gasteiger charge is -2.29. The molecule has 2 aromatic carbocycles. The third kappa shape index (κ3) is 6.64. The molecule has 6 nitrogen and oxygen atoms in total. The number of amides is 1. The number of carbonyl (C=O) groups excluding carboxylic acids is 1. The predicted molar refractivity (Wildman–Crippen MR) is 164 cm³/mol. The summed E-state index contributed by atoms with van der Waals surface area (Å²) in [6, 6.07) is 14.4. The van der Waals surface area contributed by atoms with Crippen LogP contribution in [0.4, 0.5) is 5.69 Å². The molecule has 5 rings (SSSR count). The van der Waals surface area contributed by atoms with Crippen molar-refractivity contribution in [1.82, 2.24) is 15.2 Å². The second-order valence-electron chi connectivity index (χ2n) is 11.1. The Morgan fingerprint density at radius 2 is 1.92 bits per heavy atom. The standard InChI is InChI=1S/C32H44N4O2S/c1-3-11-24-22-35-16-17-39-36(4-2)29-20-25(19-27(24)31(29)35)32(38)34-28(18-23-12-7-5-8-13-23)30(37)21-33-26-14-9-6-10-15-26/h5,7-8,12-13,19-20,22,26,28,30,33,37H,3-4,6,9-11,14-18,21H2,1-2H3,(H,34,38)/t28-,30+/m0/s1. The van der Waals surface area contributed by atoms with E-state index in [-0.39, 0.29) is 11.9 Å². The molecule has 0 spiro atoms. The monoisotopic (exact) mass is 548 g/mol. The van der Waals surface area contributed by atoms with Crippen LogP contribution in [0.25, 0.3) is 10.9 Å². The molecule has 1 aliphatic carbocycles. The number of rotatable bonds is 11. The number of aliphatic hydroxyl groups is 1. The first kappa shape index (κ1) is 28.1. The Morgan fingerprint density at radius 1 is 1.13 bits per heavy atom. The largest absolute Gasteiger partial charge is 0.390 e. The van der Waals surface area contributed by atoms with Crippen molar-refractivity contribution in [3.63, 3.8) is 0 Å². The molecule has 0 saturated heterocycles. The molecule has 1 saturated carbocycles. The zero-order valence-corrected chi connectivity index (χ0v) is 24.3. The lowest BCUT2D eigenvalue weighted by molar-refractivity contribution is 0.0821. The molecule has 1 aromatic heterocycles. The summed E-state index contributed by atoms with van der Waals surface area (Å²) in [6.45, 7) is 6.71. The van der Waals surface area contributed by atoms with E-state index >= 15 is 0 Å². The van der Waals surface area contributed by atoms with E-state index in [1.54, 1.807) is 0 Å². The molecule has 1 aliphatic heterocycles. The summed E-state index contributed by atoms with van der Waals surface area (Å²) < 4.78 is 4.70. The van der Waals surface area contributed by atoms with E-state index in [0.29, 0.717) is 24.6 Å². The maximum Gasteiger partial charge on any atom is 0.251 e. The highest BCUT2D eigenvalue weighted by molar-refractivity contribution is 8.00. The van der Waals surface area contributed by atoms with E-state index in [0.717, 1.165) is 55.8 Å². The second-order valence-corrected chi connectivity index (χ2v) is 12.2. The van der Waals surface area contributed by atoms with E-state index in [4.69, 9.17) is 0 Å². The second kappa shape index (κ2) is 13.2. The van der Waals surface area contributed by atoms with Gasteiger partial charge in [0.15, 0.2) is 0 Å². The molecular formula is C32H44N4O2S. The van der Waals surface area contributed by atoms with Crippen molar-refractivity contribution in [1.29, 1.82) is 0 Å².